The molecular formula is C13H22N4O2S2. The van der Waals surface area contributed by atoms with E-state index in [9.17, 15) is 9.00 Å². The van der Waals surface area contributed by atoms with Crippen molar-refractivity contribution >= 4 is 39.0 Å². The minimum Gasteiger partial charge on any atom is -0.382 e. The van der Waals surface area contributed by atoms with E-state index in [2.05, 4.69) is 15.2 Å². The molecule has 0 bridgehead atoms. The van der Waals surface area contributed by atoms with E-state index in [1.807, 2.05) is 6.92 Å². The summed E-state index contributed by atoms with van der Waals surface area (Å²) < 4.78 is 11.2. The molecule has 0 spiro atoms. The third-order valence-corrected chi connectivity index (χ3v) is 5.44. The Morgan fingerprint density at radius 3 is 2.76 bits per heavy atom. The van der Waals surface area contributed by atoms with Crippen LogP contribution in [0.3, 0.4) is 0 Å². The van der Waals surface area contributed by atoms with Gasteiger partial charge in [0.05, 0.1) is 0 Å². The lowest BCUT2D eigenvalue weighted by Gasteiger charge is -2.25. The summed E-state index contributed by atoms with van der Waals surface area (Å²) in [4.78, 5) is 19.2. The van der Waals surface area contributed by atoms with Crippen LogP contribution in [0, 0.1) is 0 Å². The number of carbonyl (C=O) groups is 1. The van der Waals surface area contributed by atoms with Gasteiger partial charge in [-0.25, -0.2) is 4.98 Å². The van der Waals surface area contributed by atoms with Crippen LogP contribution in [0.1, 0.15) is 35.9 Å². The van der Waals surface area contributed by atoms with Crippen molar-refractivity contribution in [3.63, 3.8) is 0 Å². The molecule has 118 valence electrons. The number of anilines is 2. The Morgan fingerprint density at radius 2 is 2.14 bits per heavy atom. The van der Waals surface area contributed by atoms with Gasteiger partial charge in [0.15, 0.2) is 5.13 Å². The first-order chi connectivity index (χ1) is 9.97. The van der Waals surface area contributed by atoms with Gasteiger partial charge in [0.25, 0.3) is 5.91 Å². The molecule has 0 saturated carbocycles. The van der Waals surface area contributed by atoms with Crippen molar-refractivity contribution in [2.24, 2.45) is 0 Å². The van der Waals surface area contributed by atoms with Crippen LogP contribution in [0.25, 0.3) is 0 Å². The quantitative estimate of drug-likeness (QED) is 0.847. The smallest absolute Gasteiger partial charge is 0.265 e. The summed E-state index contributed by atoms with van der Waals surface area (Å²) in [6, 6.07) is -0.150. The number of nitrogen functional groups attached to an aromatic ring is 1. The lowest BCUT2D eigenvalue weighted by atomic mass is 10.1. The third kappa shape index (κ3) is 4.41. The van der Waals surface area contributed by atoms with Crippen molar-refractivity contribution in [1.82, 2.24) is 10.3 Å². The van der Waals surface area contributed by atoms with Crippen molar-refractivity contribution in [3.05, 3.63) is 4.88 Å². The van der Waals surface area contributed by atoms with Gasteiger partial charge < -0.3 is 16.0 Å². The number of amides is 1. The van der Waals surface area contributed by atoms with Crippen molar-refractivity contribution < 1.29 is 9.00 Å². The summed E-state index contributed by atoms with van der Waals surface area (Å²) in [5.74, 6) is 0.484. The average molecular weight is 330 g/mol. The topological polar surface area (TPSA) is 88.3 Å². The lowest BCUT2D eigenvalue weighted by molar-refractivity contribution is 0.0948. The fourth-order valence-electron chi connectivity index (χ4n) is 2.39. The third-order valence-electron chi connectivity index (χ3n) is 3.34. The standard InChI is InChI=1S/C13H22N4O2S2/c1-9(8-21(2)19)15-12(18)10-11(14)16-13(20-10)17-6-4-3-5-7-17/h9H,3-8,14H2,1-2H3,(H,15,18). The molecule has 2 unspecified atom stereocenters. The molecule has 1 aromatic rings. The van der Waals surface area contributed by atoms with Gasteiger partial charge in [-0.3, -0.25) is 9.00 Å². The van der Waals surface area contributed by atoms with E-state index in [1.165, 1.54) is 17.8 Å². The number of hydrogen-bond donors (Lipinski definition) is 2. The second-order valence-electron chi connectivity index (χ2n) is 5.37. The van der Waals surface area contributed by atoms with Crippen LogP contribution in [0.4, 0.5) is 10.9 Å². The molecule has 6 nitrogen and oxygen atoms in total. The Morgan fingerprint density at radius 1 is 1.48 bits per heavy atom. The van der Waals surface area contributed by atoms with Gasteiger partial charge in [0.2, 0.25) is 0 Å². The number of nitrogens with two attached hydrogens (primary N) is 1. The molecule has 2 rings (SSSR count). The van der Waals surface area contributed by atoms with Crippen molar-refractivity contribution in [3.8, 4) is 0 Å². The average Bonchev–Trinajstić information content (AvgIpc) is 2.81. The SMILES string of the molecule is CC(CS(C)=O)NC(=O)c1sc(N2CCCCC2)nc1N. The molecule has 1 aromatic heterocycles. The van der Waals surface area contributed by atoms with E-state index < -0.39 is 10.8 Å². The Balaban J connectivity index is 2.04. The molecule has 0 aliphatic carbocycles. The highest BCUT2D eigenvalue weighted by atomic mass is 32.2. The van der Waals surface area contributed by atoms with E-state index in [0.29, 0.717) is 10.6 Å². The molecule has 2 heterocycles. The van der Waals surface area contributed by atoms with Crippen LogP contribution >= 0.6 is 11.3 Å². The van der Waals surface area contributed by atoms with Crippen LogP contribution in [0.2, 0.25) is 0 Å². The number of carbonyl (C=O) groups excluding carboxylic acids is 1. The maximum atomic E-state index is 12.2. The van der Waals surface area contributed by atoms with Gasteiger partial charge in [-0.15, -0.1) is 0 Å². The molecule has 1 amide bonds. The number of hydrogen-bond acceptors (Lipinski definition) is 6. The fourth-order valence-corrected chi connectivity index (χ4v) is 4.11. The molecule has 1 aliphatic heterocycles. The molecule has 1 fully saturated rings. The number of piperidine rings is 1. The maximum absolute atomic E-state index is 12.2. The summed E-state index contributed by atoms with van der Waals surface area (Å²) in [5, 5.41) is 3.65. The van der Waals surface area contributed by atoms with Crippen molar-refractivity contribution in [1.29, 1.82) is 0 Å². The molecule has 21 heavy (non-hydrogen) atoms. The monoisotopic (exact) mass is 330 g/mol. The number of thiazole rings is 1. The summed E-state index contributed by atoms with van der Waals surface area (Å²) in [6.45, 7) is 3.78. The number of nitrogens with one attached hydrogen (secondary N) is 1. The maximum Gasteiger partial charge on any atom is 0.265 e. The van der Waals surface area contributed by atoms with Crippen molar-refractivity contribution in [2.45, 2.75) is 32.2 Å². The zero-order chi connectivity index (χ0) is 15.4. The second kappa shape index (κ2) is 7.22. The zero-order valence-corrected chi connectivity index (χ0v) is 14.1. The summed E-state index contributed by atoms with van der Waals surface area (Å²) in [5.41, 5.74) is 5.88. The number of nitrogens with zero attached hydrogens (tertiary/aromatic N) is 2. The van der Waals surface area contributed by atoms with Crippen LogP contribution in [0.5, 0.6) is 0 Å². The number of rotatable bonds is 5. The van der Waals surface area contributed by atoms with Gasteiger partial charge in [-0.2, -0.15) is 0 Å². The van der Waals surface area contributed by atoms with E-state index in [0.717, 1.165) is 31.1 Å². The zero-order valence-electron chi connectivity index (χ0n) is 12.4. The minimum atomic E-state index is -0.939. The largest absolute Gasteiger partial charge is 0.382 e. The van der Waals surface area contributed by atoms with E-state index in [-0.39, 0.29) is 17.8 Å². The molecule has 3 N–H and O–H groups in total. The van der Waals surface area contributed by atoms with E-state index in [1.54, 1.807) is 6.26 Å². The molecule has 0 radical (unpaired) electrons. The first kappa shape index (κ1) is 16.2. The van der Waals surface area contributed by atoms with Gasteiger partial charge >= 0.3 is 0 Å². The molecule has 8 heteroatoms. The Kier molecular flexibility index (Phi) is 5.58. The van der Waals surface area contributed by atoms with Gasteiger partial charge in [0.1, 0.15) is 10.7 Å². The first-order valence-corrected chi connectivity index (χ1v) is 9.64. The molecule has 1 saturated heterocycles. The highest BCUT2D eigenvalue weighted by Crippen LogP contribution is 2.29. The van der Waals surface area contributed by atoms with E-state index >= 15 is 0 Å². The van der Waals surface area contributed by atoms with Gasteiger partial charge in [-0.05, 0) is 26.2 Å². The van der Waals surface area contributed by atoms with Gasteiger partial charge in [-0.1, -0.05) is 11.3 Å². The Bertz CT molecular complexity index is 526. The summed E-state index contributed by atoms with van der Waals surface area (Å²) >= 11 is 1.34. The number of aromatic nitrogens is 1. The summed E-state index contributed by atoms with van der Waals surface area (Å²) in [6.07, 6.45) is 5.18. The fraction of sp³-hybridized carbons (Fsp3) is 0.692. The predicted molar refractivity (Wildman–Crippen MR) is 88.5 cm³/mol. The van der Waals surface area contributed by atoms with Crippen LogP contribution in [0.15, 0.2) is 0 Å². The van der Waals surface area contributed by atoms with Crippen LogP contribution in [-0.4, -0.2) is 46.2 Å². The first-order valence-electron chi connectivity index (χ1n) is 7.09. The molecule has 2 atom stereocenters. The van der Waals surface area contributed by atoms with E-state index in [4.69, 9.17) is 5.73 Å². The highest BCUT2D eigenvalue weighted by molar-refractivity contribution is 7.84. The molecule has 1 aliphatic rings. The Labute approximate surface area is 131 Å². The lowest BCUT2D eigenvalue weighted by Crippen LogP contribution is -2.36. The van der Waals surface area contributed by atoms with Crippen LogP contribution < -0.4 is 16.0 Å². The summed E-state index contributed by atoms with van der Waals surface area (Å²) in [7, 11) is -0.939. The second-order valence-corrected chi connectivity index (χ2v) is 7.83. The Hall–Kier alpha value is -1.15. The van der Waals surface area contributed by atoms with Crippen molar-refractivity contribution in [2.75, 3.05) is 35.7 Å². The van der Waals surface area contributed by atoms with Gasteiger partial charge in [0, 0.05) is 41.9 Å². The predicted octanol–water partition coefficient (Wildman–Crippen LogP) is 1.21. The molecule has 0 aromatic carbocycles. The normalized spacial score (nSPS) is 18.3. The van der Waals surface area contributed by atoms with Crippen LogP contribution in [-0.2, 0) is 10.8 Å². The minimum absolute atomic E-state index is 0.150. The molecular weight excluding hydrogens is 308 g/mol. The highest BCUT2D eigenvalue weighted by Gasteiger charge is 2.21.